The van der Waals surface area contributed by atoms with Gasteiger partial charge in [-0.15, -0.1) is 0 Å². The van der Waals surface area contributed by atoms with Gasteiger partial charge in [0, 0.05) is 17.5 Å². The van der Waals surface area contributed by atoms with Crippen molar-refractivity contribution in [2.24, 2.45) is 29.4 Å². The Hall–Kier alpha value is -3.55. The highest BCUT2D eigenvalue weighted by atomic mass is 19.1. The molecule has 3 aliphatic rings. The van der Waals surface area contributed by atoms with Gasteiger partial charge in [0.15, 0.2) is 34.7 Å². The largest absolute Gasteiger partial charge is 0.505 e. The van der Waals surface area contributed by atoms with Gasteiger partial charge in [0.05, 0.1) is 29.8 Å². The molecule has 6 N–H and O–H groups in total. The van der Waals surface area contributed by atoms with E-state index in [0.29, 0.717) is 6.54 Å². The van der Waals surface area contributed by atoms with Crippen LogP contribution in [-0.2, 0) is 30.4 Å². The van der Waals surface area contributed by atoms with E-state index >= 15 is 4.39 Å². The number of Topliss-reactive ketones (excluding diaryl/α,β-unsaturated/α-hetero) is 4. The summed E-state index contributed by atoms with van der Waals surface area (Å²) in [5.74, 6) is -14.0. The fraction of sp³-hybridized carbons (Fsp3) is 0.586. The Bertz CT molecular complexity index is 1350. The Morgan fingerprint density at radius 3 is 2.45 bits per heavy atom. The number of nitrogens with one attached hydrogen (secondary N) is 2. The minimum Gasteiger partial charge on any atom is -0.505 e. The number of carbonyl (C=O) groups is 6. The van der Waals surface area contributed by atoms with Crippen LogP contribution in [-0.4, -0.2) is 88.9 Å². The van der Waals surface area contributed by atoms with Gasteiger partial charge in [-0.25, -0.2) is 4.39 Å². The van der Waals surface area contributed by atoms with Crippen LogP contribution in [0.25, 0.3) is 0 Å². The summed E-state index contributed by atoms with van der Waals surface area (Å²) < 4.78 is 15.4. The molecule has 13 heteroatoms. The molecule has 0 aromatic heterocycles. The monoisotopic (exact) mass is 588 g/mol. The number of likely N-dealkylation sites (N-methyl/N-ethyl adjacent to an activating group) is 1. The molecule has 4 rings (SSSR count). The van der Waals surface area contributed by atoms with Crippen LogP contribution in [0.3, 0.4) is 0 Å². The molecule has 0 spiro atoms. The van der Waals surface area contributed by atoms with Crippen LogP contribution in [0.5, 0.6) is 5.75 Å². The molecule has 6 atom stereocenters. The number of carbonyl (C=O) groups excluding carboxylic acids is 6. The summed E-state index contributed by atoms with van der Waals surface area (Å²) in [4.78, 5) is 79.9. The van der Waals surface area contributed by atoms with Crippen molar-refractivity contribution in [1.29, 1.82) is 0 Å². The summed E-state index contributed by atoms with van der Waals surface area (Å²) in [7, 11) is 2.95. The van der Waals surface area contributed by atoms with Crippen LogP contribution in [0.15, 0.2) is 6.07 Å². The van der Waals surface area contributed by atoms with Crippen molar-refractivity contribution in [3.8, 4) is 5.75 Å². The number of anilines is 1. The molecule has 1 aromatic rings. The molecule has 0 bridgehead atoms. The van der Waals surface area contributed by atoms with Crippen LogP contribution >= 0.6 is 0 Å². The van der Waals surface area contributed by atoms with Gasteiger partial charge in [0.1, 0.15) is 11.6 Å². The Balaban J connectivity index is 1.64. The normalized spacial score (nSPS) is 28.8. The molecule has 2 saturated carbocycles. The van der Waals surface area contributed by atoms with Crippen LogP contribution in [0.4, 0.5) is 10.1 Å². The van der Waals surface area contributed by atoms with Crippen molar-refractivity contribution in [3.05, 3.63) is 23.0 Å². The van der Waals surface area contributed by atoms with E-state index in [2.05, 4.69) is 17.6 Å². The van der Waals surface area contributed by atoms with Gasteiger partial charge >= 0.3 is 0 Å². The molecular weight excluding hydrogens is 551 g/mol. The quantitative estimate of drug-likeness (QED) is 0.142. The average molecular weight is 589 g/mol. The average Bonchev–Trinajstić information content (AvgIpc) is 2.90. The lowest BCUT2D eigenvalue weighted by molar-refractivity contribution is -0.181. The number of halogens is 1. The molecule has 42 heavy (non-hydrogen) atoms. The number of hydrogen-bond acceptors (Lipinski definition) is 10. The molecule has 3 aliphatic carbocycles. The third-order valence-electron chi connectivity index (χ3n) is 8.77. The summed E-state index contributed by atoms with van der Waals surface area (Å²) in [5, 5.41) is 27.9. The van der Waals surface area contributed by atoms with Crippen molar-refractivity contribution in [2.45, 2.75) is 57.1 Å². The maximum Gasteiger partial charge on any atom is 0.238 e. The Labute approximate surface area is 242 Å². The van der Waals surface area contributed by atoms with Gasteiger partial charge in [-0.05, 0) is 45.8 Å². The predicted molar refractivity (Wildman–Crippen MR) is 147 cm³/mol. The standard InChI is InChI=1S/C29H37FN4O8/c1-4-5-6-7-8-32-12-18(35)33-17-11-16(30)14-9-13-10-15-22(34(2)3)25(38)21(28(31)41)27(40)29(15,42)26(39)19(13)24(37)20(14)23(17)36/h11,13,15,19,21-22,32,36,42H,4-10,12H2,1-3H3,(H2,31,41)(H,33,35)/t13-,15-,19?,21?,22-,29-/m0/s1. The lowest BCUT2D eigenvalue weighted by Gasteiger charge is -2.52. The van der Waals surface area contributed by atoms with E-state index in [0.717, 1.165) is 31.7 Å². The second kappa shape index (κ2) is 12.0. The molecule has 228 valence electrons. The number of nitrogens with two attached hydrogens (primary N) is 1. The number of benzene rings is 1. The molecule has 0 radical (unpaired) electrons. The molecule has 12 nitrogen and oxygen atoms in total. The van der Waals surface area contributed by atoms with E-state index in [1.807, 2.05) is 0 Å². The number of rotatable bonds is 10. The summed E-state index contributed by atoms with van der Waals surface area (Å²) >= 11 is 0. The second-order valence-corrected chi connectivity index (χ2v) is 11.7. The second-order valence-electron chi connectivity index (χ2n) is 11.7. The molecule has 1 aromatic carbocycles. The number of nitrogens with zero attached hydrogens (tertiary/aromatic N) is 1. The first kappa shape index (κ1) is 31.4. The molecule has 0 heterocycles. The number of phenolic OH excluding ortho intramolecular Hbond substituents is 1. The van der Waals surface area contributed by atoms with E-state index < -0.39 is 87.4 Å². The Morgan fingerprint density at radius 1 is 1.14 bits per heavy atom. The summed E-state index contributed by atoms with van der Waals surface area (Å²) in [5.41, 5.74) is 1.37. The van der Waals surface area contributed by atoms with Gasteiger partial charge < -0.3 is 26.6 Å². The van der Waals surface area contributed by atoms with Crippen molar-refractivity contribution < 1.29 is 43.4 Å². The van der Waals surface area contributed by atoms with Gasteiger partial charge in [0.25, 0.3) is 0 Å². The number of fused-ring (bicyclic) bond motifs is 3. The van der Waals surface area contributed by atoms with Crippen LogP contribution in [0.1, 0.15) is 54.9 Å². The first-order chi connectivity index (χ1) is 19.8. The number of primary amides is 1. The fourth-order valence-electron chi connectivity index (χ4n) is 6.79. The maximum absolute atomic E-state index is 15.4. The van der Waals surface area contributed by atoms with Gasteiger partial charge in [-0.1, -0.05) is 26.2 Å². The Kier molecular flexibility index (Phi) is 8.95. The number of amides is 2. The number of hydrogen-bond donors (Lipinski definition) is 5. The highest BCUT2D eigenvalue weighted by Crippen LogP contribution is 2.51. The topological polar surface area (TPSA) is 196 Å². The van der Waals surface area contributed by atoms with Crippen LogP contribution in [0, 0.1) is 29.5 Å². The van der Waals surface area contributed by atoms with Gasteiger partial charge in [-0.3, -0.25) is 33.7 Å². The fourth-order valence-corrected chi connectivity index (χ4v) is 6.79. The molecule has 0 saturated heterocycles. The molecule has 2 fully saturated rings. The van der Waals surface area contributed by atoms with E-state index in [9.17, 15) is 39.0 Å². The lowest BCUT2D eigenvalue weighted by Crippen LogP contribution is -2.74. The number of phenols is 1. The highest BCUT2D eigenvalue weighted by Gasteiger charge is 2.69. The predicted octanol–water partition coefficient (Wildman–Crippen LogP) is 0.115. The Morgan fingerprint density at radius 2 is 1.83 bits per heavy atom. The van der Waals surface area contributed by atoms with Crippen molar-refractivity contribution in [1.82, 2.24) is 10.2 Å². The van der Waals surface area contributed by atoms with Crippen molar-refractivity contribution in [2.75, 3.05) is 32.5 Å². The minimum absolute atomic E-state index is 0.120. The smallest absolute Gasteiger partial charge is 0.238 e. The first-order valence-electron chi connectivity index (χ1n) is 14.2. The highest BCUT2D eigenvalue weighted by molar-refractivity contribution is 6.32. The maximum atomic E-state index is 15.4. The number of aromatic hydroxyl groups is 1. The lowest BCUT2D eigenvalue weighted by atomic mass is 9.52. The third-order valence-corrected chi connectivity index (χ3v) is 8.77. The molecule has 2 amide bonds. The SMILES string of the molecule is CCCCCCNCC(=O)Nc1cc(F)c2c(c1O)C(=O)C1C(=O)[C@]3(O)C(=O)C(C(N)=O)C(=O)[C@@H](N(C)C)[C@@H]3C[C@@H]1C2. The molecular formula is C29H37FN4O8. The number of aliphatic hydroxyl groups is 1. The van der Waals surface area contributed by atoms with Gasteiger partial charge in [0.2, 0.25) is 11.8 Å². The zero-order valence-electron chi connectivity index (χ0n) is 23.9. The van der Waals surface area contributed by atoms with E-state index in [1.54, 1.807) is 0 Å². The summed E-state index contributed by atoms with van der Waals surface area (Å²) in [6.07, 6.45) is 3.61. The van der Waals surface area contributed by atoms with Crippen molar-refractivity contribution in [3.63, 3.8) is 0 Å². The minimum atomic E-state index is -2.88. The van der Waals surface area contributed by atoms with Crippen molar-refractivity contribution >= 4 is 40.6 Å². The van der Waals surface area contributed by atoms with Gasteiger partial charge in [-0.2, -0.15) is 0 Å². The van der Waals surface area contributed by atoms with Crippen LogP contribution < -0.4 is 16.4 Å². The zero-order valence-corrected chi connectivity index (χ0v) is 23.9. The number of unbranched alkanes of at least 4 members (excludes halogenated alkanes) is 3. The zero-order chi connectivity index (χ0) is 31.1. The molecule has 2 unspecified atom stereocenters. The first-order valence-corrected chi connectivity index (χ1v) is 14.2. The number of ketones is 4. The summed E-state index contributed by atoms with van der Waals surface area (Å²) in [6, 6.07) is -0.349. The van der Waals surface area contributed by atoms with Crippen LogP contribution in [0.2, 0.25) is 0 Å². The van der Waals surface area contributed by atoms with E-state index in [-0.39, 0.29) is 30.6 Å². The summed E-state index contributed by atoms with van der Waals surface area (Å²) in [6.45, 7) is 2.54. The third kappa shape index (κ3) is 5.13. The van der Waals surface area contributed by atoms with E-state index in [4.69, 9.17) is 5.73 Å². The van der Waals surface area contributed by atoms with E-state index in [1.165, 1.54) is 19.0 Å². The molecule has 0 aliphatic heterocycles.